The van der Waals surface area contributed by atoms with Crippen molar-refractivity contribution in [2.24, 2.45) is 5.73 Å². The van der Waals surface area contributed by atoms with Gasteiger partial charge >= 0.3 is 0 Å². The predicted molar refractivity (Wildman–Crippen MR) is 63.8 cm³/mol. The Labute approximate surface area is 95.0 Å². The summed E-state index contributed by atoms with van der Waals surface area (Å²) in [5.74, 6) is 0.0859. The Bertz CT molecular complexity index is 382. The number of anilines is 1. The fourth-order valence-corrected chi connectivity index (χ4v) is 1.93. The molecule has 2 rings (SSSR count). The summed E-state index contributed by atoms with van der Waals surface area (Å²) in [7, 11) is 0. The maximum absolute atomic E-state index is 12.0. The van der Waals surface area contributed by atoms with Gasteiger partial charge in [-0.2, -0.15) is 0 Å². The van der Waals surface area contributed by atoms with E-state index in [0.717, 1.165) is 24.1 Å². The normalized spacial score (nSPS) is 16.8. The van der Waals surface area contributed by atoms with E-state index < -0.39 is 0 Å². The first-order chi connectivity index (χ1) is 7.69. The molecule has 0 spiro atoms. The molecule has 0 aromatic heterocycles. The van der Waals surface area contributed by atoms with Crippen molar-refractivity contribution in [1.29, 1.82) is 0 Å². The summed E-state index contributed by atoms with van der Waals surface area (Å²) >= 11 is 0. The average Bonchev–Trinajstić information content (AvgIpc) is 3.08. The molecule has 1 aliphatic carbocycles. The van der Waals surface area contributed by atoms with Crippen LogP contribution in [0.3, 0.4) is 0 Å². The molecular formula is C12H17N3O. The van der Waals surface area contributed by atoms with Gasteiger partial charge in [0.15, 0.2) is 0 Å². The summed E-state index contributed by atoms with van der Waals surface area (Å²) in [6.07, 6.45) is 1.82. The van der Waals surface area contributed by atoms with Crippen LogP contribution in [0, 0.1) is 0 Å². The minimum Gasteiger partial charge on any atom is -0.399 e. The van der Waals surface area contributed by atoms with Crippen LogP contribution < -0.4 is 16.8 Å². The second-order valence-electron chi connectivity index (χ2n) is 4.25. The van der Waals surface area contributed by atoms with Crippen molar-refractivity contribution in [2.75, 3.05) is 18.8 Å². The molecule has 86 valence electrons. The third-order valence-corrected chi connectivity index (χ3v) is 3.08. The molecule has 0 radical (unpaired) electrons. The highest BCUT2D eigenvalue weighted by molar-refractivity contribution is 5.91. The lowest BCUT2D eigenvalue weighted by molar-refractivity contribution is -0.123. The van der Waals surface area contributed by atoms with Crippen molar-refractivity contribution in [1.82, 2.24) is 5.32 Å². The fraction of sp³-hybridized carbons (Fsp3) is 0.417. The Balaban J connectivity index is 2.13. The molecule has 5 N–H and O–H groups in total. The predicted octanol–water partition coefficient (Wildman–Crippen LogP) is 0.375. The number of hydrogen-bond donors (Lipinski definition) is 3. The lowest BCUT2D eigenvalue weighted by atomic mass is 9.95. The van der Waals surface area contributed by atoms with E-state index in [0.29, 0.717) is 13.1 Å². The molecule has 0 heterocycles. The van der Waals surface area contributed by atoms with Gasteiger partial charge in [-0.3, -0.25) is 4.79 Å². The molecule has 1 fully saturated rings. The van der Waals surface area contributed by atoms with Gasteiger partial charge in [0, 0.05) is 18.8 Å². The van der Waals surface area contributed by atoms with E-state index in [4.69, 9.17) is 11.5 Å². The lowest BCUT2D eigenvalue weighted by Gasteiger charge is -2.15. The molecule has 4 heteroatoms. The van der Waals surface area contributed by atoms with Gasteiger partial charge in [-0.25, -0.2) is 0 Å². The van der Waals surface area contributed by atoms with E-state index >= 15 is 0 Å². The minimum atomic E-state index is -0.317. The van der Waals surface area contributed by atoms with E-state index in [-0.39, 0.29) is 11.3 Å². The standard InChI is InChI=1S/C12H17N3O/c13-7-8-15-11(16)12(5-6-12)9-1-3-10(14)4-2-9/h1-4H,5-8,13-14H2,(H,15,16). The van der Waals surface area contributed by atoms with E-state index in [1.807, 2.05) is 24.3 Å². The van der Waals surface area contributed by atoms with Crippen LogP contribution in [0.15, 0.2) is 24.3 Å². The number of nitrogens with two attached hydrogens (primary N) is 2. The minimum absolute atomic E-state index is 0.0859. The first kappa shape index (κ1) is 11.0. The molecule has 1 aliphatic rings. The van der Waals surface area contributed by atoms with Gasteiger partial charge < -0.3 is 16.8 Å². The van der Waals surface area contributed by atoms with E-state index in [1.165, 1.54) is 0 Å². The lowest BCUT2D eigenvalue weighted by Crippen LogP contribution is -2.37. The van der Waals surface area contributed by atoms with Gasteiger partial charge in [-0.15, -0.1) is 0 Å². The van der Waals surface area contributed by atoms with Gasteiger partial charge in [0.1, 0.15) is 0 Å². The van der Waals surface area contributed by atoms with E-state index in [1.54, 1.807) is 0 Å². The van der Waals surface area contributed by atoms with Gasteiger partial charge in [0.25, 0.3) is 0 Å². The topological polar surface area (TPSA) is 81.1 Å². The third kappa shape index (κ3) is 1.88. The number of nitrogen functional groups attached to an aromatic ring is 1. The molecule has 0 saturated heterocycles. The molecule has 1 saturated carbocycles. The molecule has 0 bridgehead atoms. The third-order valence-electron chi connectivity index (χ3n) is 3.08. The zero-order valence-electron chi connectivity index (χ0n) is 9.20. The van der Waals surface area contributed by atoms with Gasteiger partial charge in [-0.05, 0) is 30.5 Å². The molecule has 1 aromatic carbocycles. The summed E-state index contributed by atoms with van der Waals surface area (Å²) in [4.78, 5) is 12.0. The Hall–Kier alpha value is -1.55. The first-order valence-corrected chi connectivity index (χ1v) is 5.53. The van der Waals surface area contributed by atoms with Gasteiger partial charge in [0.05, 0.1) is 5.41 Å². The second kappa shape index (κ2) is 4.14. The van der Waals surface area contributed by atoms with Crippen LogP contribution in [0.4, 0.5) is 5.69 Å². The van der Waals surface area contributed by atoms with Crippen LogP contribution in [-0.4, -0.2) is 19.0 Å². The number of carbonyl (C=O) groups excluding carboxylic acids is 1. The number of hydrogen-bond acceptors (Lipinski definition) is 3. The van der Waals surface area contributed by atoms with E-state index in [9.17, 15) is 4.79 Å². The highest BCUT2D eigenvalue weighted by Crippen LogP contribution is 2.48. The molecule has 0 unspecified atom stereocenters. The van der Waals surface area contributed by atoms with Gasteiger partial charge in [0.2, 0.25) is 5.91 Å². The molecule has 1 amide bonds. The van der Waals surface area contributed by atoms with Crippen LogP contribution >= 0.6 is 0 Å². The number of rotatable bonds is 4. The van der Waals surface area contributed by atoms with Crippen molar-refractivity contribution in [3.63, 3.8) is 0 Å². The zero-order valence-corrected chi connectivity index (χ0v) is 9.20. The van der Waals surface area contributed by atoms with Crippen LogP contribution in [0.5, 0.6) is 0 Å². The second-order valence-corrected chi connectivity index (χ2v) is 4.25. The number of nitrogens with one attached hydrogen (secondary N) is 1. The largest absolute Gasteiger partial charge is 0.399 e. The molecule has 4 nitrogen and oxygen atoms in total. The van der Waals surface area contributed by atoms with Crippen molar-refractivity contribution < 1.29 is 4.79 Å². The van der Waals surface area contributed by atoms with Crippen LogP contribution in [0.1, 0.15) is 18.4 Å². The quantitative estimate of drug-likeness (QED) is 0.640. The first-order valence-electron chi connectivity index (χ1n) is 5.53. The smallest absolute Gasteiger partial charge is 0.230 e. The Morgan fingerprint density at radius 2 is 1.94 bits per heavy atom. The highest BCUT2D eigenvalue weighted by Gasteiger charge is 2.50. The molecule has 0 atom stereocenters. The molecule has 1 aromatic rings. The van der Waals surface area contributed by atoms with Crippen LogP contribution in [0.25, 0.3) is 0 Å². The summed E-state index contributed by atoms with van der Waals surface area (Å²) in [6.45, 7) is 1.01. The number of amides is 1. The Morgan fingerprint density at radius 3 is 2.44 bits per heavy atom. The highest BCUT2D eigenvalue weighted by atomic mass is 16.2. The zero-order chi connectivity index (χ0) is 11.6. The maximum atomic E-state index is 12.0. The molecular weight excluding hydrogens is 202 g/mol. The summed E-state index contributed by atoms with van der Waals surface area (Å²) in [6, 6.07) is 7.55. The maximum Gasteiger partial charge on any atom is 0.230 e. The number of carbonyl (C=O) groups is 1. The SMILES string of the molecule is NCCNC(=O)C1(c2ccc(N)cc2)CC1. The van der Waals surface area contributed by atoms with Gasteiger partial charge in [-0.1, -0.05) is 12.1 Å². The monoisotopic (exact) mass is 219 g/mol. The fourth-order valence-electron chi connectivity index (χ4n) is 1.93. The van der Waals surface area contributed by atoms with Crippen LogP contribution in [-0.2, 0) is 10.2 Å². The van der Waals surface area contributed by atoms with Crippen molar-refractivity contribution in [3.05, 3.63) is 29.8 Å². The summed E-state index contributed by atoms with van der Waals surface area (Å²) < 4.78 is 0. The van der Waals surface area contributed by atoms with Crippen LogP contribution in [0.2, 0.25) is 0 Å². The average molecular weight is 219 g/mol. The summed E-state index contributed by atoms with van der Waals surface area (Å²) in [5, 5.41) is 2.85. The Kier molecular flexibility index (Phi) is 2.83. The molecule has 16 heavy (non-hydrogen) atoms. The number of benzene rings is 1. The summed E-state index contributed by atoms with van der Waals surface area (Å²) in [5.41, 5.74) is 12.5. The van der Waals surface area contributed by atoms with Crippen molar-refractivity contribution in [3.8, 4) is 0 Å². The molecule has 0 aliphatic heterocycles. The van der Waals surface area contributed by atoms with Crippen molar-refractivity contribution >= 4 is 11.6 Å². The van der Waals surface area contributed by atoms with E-state index in [2.05, 4.69) is 5.32 Å². The Morgan fingerprint density at radius 1 is 1.31 bits per heavy atom. The van der Waals surface area contributed by atoms with Crippen molar-refractivity contribution in [2.45, 2.75) is 18.3 Å².